The van der Waals surface area contributed by atoms with Crippen molar-refractivity contribution in [2.24, 2.45) is 0 Å². The highest BCUT2D eigenvalue weighted by Crippen LogP contribution is 2.29. The van der Waals surface area contributed by atoms with Gasteiger partial charge in [0.1, 0.15) is 5.15 Å². The van der Waals surface area contributed by atoms with Crippen LogP contribution < -0.4 is 5.32 Å². The predicted molar refractivity (Wildman–Crippen MR) is 64.3 cm³/mol. The van der Waals surface area contributed by atoms with E-state index in [1.165, 1.54) is 0 Å². The molecule has 0 saturated heterocycles. The summed E-state index contributed by atoms with van der Waals surface area (Å²) >= 11 is 9.32. The van der Waals surface area contributed by atoms with Crippen LogP contribution in [0.3, 0.4) is 0 Å². The van der Waals surface area contributed by atoms with Crippen LogP contribution in [0.2, 0.25) is 5.15 Å². The Hall–Kier alpha value is -0.940. The molecule has 0 radical (unpaired) electrons. The van der Waals surface area contributed by atoms with E-state index in [1.54, 1.807) is 13.2 Å². The van der Waals surface area contributed by atoms with Crippen LogP contribution in [0.4, 0.5) is 5.95 Å². The molecule has 15 heavy (non-hydrogen) atoms. The minimum absolute atomic E-state index is 0.417. The topological polar surface area (TPSA) is 50.7 Å². The molecule has 2 aromatic rings. The van der Waals surface area contributed by atoms with Gasteiger partial charge in [-0.15, -0.1) is 0 Å². The van der Waals surface area contributed by atoms with Gasteiger partial charge in [-0.05, 0) is 28.4 Å². The average Bonchev–Trinajstić information content (AvgIpc) is 2.25. The molecule has 78 valence electrons. The van der Waals surface area contributed by atoms with E-state index in [0.717, 1.165) is 15.4 Å². The summed E-state index contributed by atoms with van der Waals surface area (Å²) < 4.78 is 0.789. The Morgan fingerprint density at radius 3 is 2.80 bits per heavy atom. The third-order valence-electron chi connectivity index (χ3n) is 2.11. The Kier molecular flexibility index (Phi) is 2.75. The number of anilines is 1. The summed E-state index contributed by atoms with van der Waals surface area (Å²) in [5.41, 5.74) is 1.59. The quantitative estimate of drug-likeness (QED) is 0.820. The Balaban J connectivity index is 2.80. The fourth-order valence-electron chi connectivity index (χ4n) is 1.26. The van der Waals surface area contributed by atoms with Gasteiger partial charge in [0.2, 0.25) is 5.95 Å². The van der Waals surface area contributed by atoms with Crippen molar-refractivity contribution in [1.29, 1.82) is 0 Å². The molecule has 0 fully saturated rings. The largest absolute Gasteiger partial charge is 0.357 e. The molecular weight excluding hydrogens is 279 g/mol. The summed E-state index contributed by atoms with van der Waals surface area (Å²) in [5, 5.41) is 4.17. The van der Waals surface area contributed by atoms with Gasteiger partial charge in [0.25, 0.3) is 0 Å². The van der Waals surface area contributed by atoms with E-state index in [9.17, 15) is 0 Å². The molecule has 0 bridgehead atoms. The van der Waals surface area contributed by atoms with Crippen LogP contribution in [0.5, 0.6) is 0 Å². The molecule has 6 heteroatoms. The number of pyridine rings is 1. The summed E-state index contributed by atoms with van der Waals surface area (Å²) in [4.78, 5) is 12.5. The summed E-state index contributed by atoms with van der Waals surface area (Å²) in [6, 6.07) is 0. The number of hydrogen-bond donors (Lipinski definition) is 1. The normalized spacial score (nSPS) is 10.7. The average molecular weight is 288 g/mol. The monoisotopic (exact) mass is 286 g/mol. The number of hydrogen-bond acceptors (Lipinski definition) is 4. The van der Waals surface area contributed by atoms with Gasteiger partial charge in [-0.3, -0.25) is 0 Å². The standard InChI is InChI=1S/C9H8BrClN4/c1-4-5-3-13-9(12-2)15-8(5)14-7(11)6(4)10/h3H,1-2H3,(H,12,13,14,15). The zero-order chi connectivity index (χ0) is 11.0. The van der Waals surface area contributed by atoms with E-state index in [2.05, 4.69) is 36.2 Å². The van der Waals surface area contributed by atoms with E-state index in [-0.39, 0.29) is 0 Å². The molecule has 0 aromatic carbocycles. The molecule has 0 spiro atoms. The van der Waals surface area contributed by atoms with Crippen LogP contribution >= 0.6 is 27.5 Å². The van der Waals surface area contributed by atoms with Gasteiger partial charge >= 0.3 is 0 Å². The van der Waals surface area contributed by atoms with Crippen molar-refractivity contribution < 1.29 is 0 Å². The lowest BCUT2D eigenvalue weighted by Crippen LogP contribution is -1.98. The molecule has 4 nitrogen and oxygen atoms in total. The highest BCUT2D eigenvalue weighted by atomic mass is 79.9. The van der Waals surface area contributed by atoms with Gasteiger partial charge in [-0.1, -0.05) is 11.6 Å². The Labute approximate surface area is 100 Å². The first-order valence-corrected chi connectivity index (χ1v) is 5.46. The molecular formula is C9H8BrClN4. The maximum Gasteiger partial charge on any atom is 0.224 e. The van der Waals surface area contributed by atoms with Crippen molar-refractivity contribution in [1.82, 2.24) is 15.0 Å². The number of aryl methyl sites for hydroxylation is 1. The molecule has 1 N–H and O–H groups in total. The van der Waals surface area contributed by atoms with Crippen molar-refractivity contribution in [2.75, 3.05) is 12.4 Å². The number of nitrogens with zero attached hydrogens (tertiary/aromatic N) is 3. The SMILES string of the molecule is CNc1ncc2c(C)c(Br)c(Cl)nc2n1. The molecule has 0 unspecified atom stereocenters. The highest BCUT2D eigenvalue weighted by Gasteiger charge is 2.09. The molecule has 2 heterocycles. The fourth-order valence-corrected chi connectivity index (χ4v) is 1.78. The maximum absolute atomic E-state index is 5.95. The van der Waals surface area contributed by atoms with Gasteiger partial charge in [0.15, 0.2) is 5.65 Å². The number of aromatic nitrogens is 3. The Morgan fingerprint density at radius 2 is 2.13 bits per heavy atom. The van der Waals surface area contributed by atoms with E-state index in [4.69, 9.17) is 11.6 Å². The second kappa shape index (κ2) is 3.90. The lowest BCUT2D eigenvalue weighted by Gasteiger charge is -2.05. The number of fused-ring (bicyclic) bond motifs is 1. The van der Waals surface area contributed by atoms with Crippen molar-refractivity contribution in [2.45, 2.75) is 6.92 Å². The van der Waals surface area contributed by atoms with Gasteiger partial charge in [-0.25, -0.2) is 9.97 Å². The summed E-state index contributed by atoms with van der Waals surface area (Å²) in [5.74, 6) is 0.535. The first-order valence-electron chi connectivity index (χ1n) is 4.29. The van der Waals surface area contributed by atoms with Crippen LogP contribution in [0.1, 0.15) is 5.56 Å². The summed E-state index contributed by atoms with van der Waals surface area (Å²) in [6.07, 6.45) is 1.73. The van der Waals surface area contributed by atoms with Gasteiger partial charge in [0, 0.05) is 18.6 Å². The highest BCUT2D eigenvalue weighted by molar-refractivity contribution is 9.10. The van der Waals surface area contributed by atoms with Gasteiger partial charge in [0.05, 0.1) is 4.47 Å². The predicted octanol–water partition coefficient (Wildman–Crippen LogP) is 2.79. The molecule has 0 aliphatic heterocycles. The summed E-state index contributed by atoms with van der Waals surface area (Å²) in [6.45, 7) is 1.95. The lowest BCUT2D eigenvalue weighted by atomic mass is 10.2. The molecule has 0 amide bonds. The first-order chi connectivity index (χ1) is 7.13. The molecule has 0 aliphatic rings. The minimum Gasteiger partial charge on any atom is -0.357 e. The molecule has 2 rings (SSSR count). The third-order valence-corrected chi connectivity index (χ3v) is 3.58. The van der Waals surface area contributed by atoms with E-state index >= 15 is 0 Å². The van der Waals surface area contributed by atoms with Crippen molar-refractivity contribution >= 4 is 44.5 Å². The molecule has 0 aliphatic carbocycles. The lowest BCUT2D eigenvalue weighted by molar-refractivity contribution is 1.15. The first kappa shape index (κ1) is 10.6. The third kappa shape index (κ3) is 1.77. The second-order valence-electron chi connectivity index (χ2n) is 3.02. The maximum atomic E-state index is 5.95. The van der Waals surface area contributed by atoms with Gasteiger partial charge in [-0.2, -0.15) is 4.98 Å². The van der Waals surface area contributed by atoms with Crippen molar-refractivity contribution in [3.63, 3.8) is 0 Å². The Morgan fingerprint density at radius 1 is 1.40 bits per heavy atom. The Bertz CT molecular complexity index is 529. The van der Waals surface area contributed by atoms with Gasteiger partial charge < -0.3 is 5.32 Å². The van der Waals surface area contributed by atoms with Crippen molar-refractivity contribution in [3.05, 3.63) is 21.4 Å². The van der Waals surface area contributed by atoms with Crippen LogP contribution in [-0.4, -0.2) is 22.0 Å². The van der Waals surface area contributed by atoms with E-state index in [0.29, 0.717) is 16.7 Å². The van der Waals surface area contributed by atoms with E-state index in [1.807, 2.05) is 6.92 Å². The number of nitrogens with one attached hydrogen (secondary N) is 1. The number of halogens is 2. The smallest absolute Gasteiger partial charge is 0.224 e. The second-order valence-corrected chi connectivity index (χ2v) is 4.17. The molecule has 0 saturated carbocycles. The summed E-state index contributed by atoms with van der Waals surface area (Å²) in [7, 11) is 1.76. The number of rotatable bonds is 1. The van der Waals surface area contributed by atoms with Crippen LogP contribution in [0.25, 0.3) is 11.0 Å². The zero-order valence-corrected chi connectivity index (χ0v) is 10.5. The fraction of sp³-hybridized carbons (Fsp3) is 0.222. The molecule has 0 atom stereocenters. The zero-order valence-electron chi connectivity index (χ0n) is 8.17. The van der Waals surface area contributed by atoms with Crippen LogP contribution in [0, 0.1) is 6.92 Å². The minimum atomic E-state index is 0.417. The van der Waals surface area contributed by atoms with Crippen molar-refractivity contribution in [3.8, 4) is 0 Å². The van der Waals surface area contributed by atoms with Crippen LogP contribution in [0.15, 0.2) is 10.7 Å². The molecule has 2 aromatic heterocycles. The van der Waals surface area contributed by atoms with E-state index < -0.39 is 0 Å². The van der Waals surface area contributed by atoms with Crippen LogP contribution in [-0.2, 0) is 0 Å².